The van der Waals surface area contributed by atoms with Gasteiger partial charge in [-0.15, -0.1) is 23.1 Å². The highest BCUT2D eigenvalue weighted by atomic mass is 32.2. The number of ether oxygens (including phenoxy) is 2. The Kier molecular flexibility index (Phi) is 3.45. The molecule has 1 atom stereocenters. The molecule has 0 saturated carbocycles. The molecule has 0 radical (unpaired) electrons. The molecular formula is C13H13NO2S2. The Balaban J connectivity index is 1.67. The first-order valence-corrected chi connectivity index (χ1v) is 7.51. The van der Waals surface area contributed by atoms with Crippen molar-refractivity contribution in [1.82, 2.24) is 0 Å². The fourth-order valence-corrected chi connectivity index (χ4v) is 3.56. The standard InChI is InChI=1S/C13H13NO2S2/c14-10(7-18-13-2-1-5-17-13)9-3-4-11-12(6-9)16-8-15-11/h1-6,10H,7-8,14H2. The number of thioether (sulfide) groups is 1. The van der Waals surface area contributed by atoms with Crippen LogP contribution in [-0.2, 0) is 0 Å². The molecule has 1 unspecified atom stereocenters. The Bertz CT molecular complexity index is 528. The van der Waals surface area contributed by atoms with E-state index in [2.05, 4.69) is 17.5 Å². The van der Waals surface area contributed by atoms with Crippen molar-refractivity contribution in [3.8, 4) is 11.5 Å². The van der Waals surface area contributed by atoms with E-state index in [0.29, 0.717) is 6.79 Å². The summed E-state index contributed by atoms with van der Waals surface area (Å²) in [6, 6.07) is 10.1. The van der Waals surface area contributed by atoms with E-state index < -0.39 is 0 Å². The lowest BCUT2D eigenvalue weighted by Crippen LogP contribution is -2.12. The molecule has 0 amide bonds. The minimum absolute atomic E-state index is 0.00611. The zero-order valence-electron chi connectivity index (χ0n) is 9.67. The van der Waals surface area contributed by atoms with E-state index in [1.807, 2.05) is 18.2 Å². The van der Waals surface area contributed by atoms with Gasteiger partial charge in [0.1, 0.15) is 0 Å². The molecule has 1 aliphatic rings. The molecule has 94 valence electrons. The Hall–Kier alpha value is -1.17. The van der Waals surface area contributed by atoms with Crippen molar-refractivity contribution in [2.75, 3.05) is 12.5 Å². The lowest BCUT2D eigenvalue weighted by Gasteiger charge is -2.11. The minimum atomic E-state index is 0.00611. The largest absolute Gasteiger partial charge is 0.454 e. The van der Waals surface area contributed by atoms with Crippen molar-refractivity contribution in [2.45, 2.75) is 10.3 Å². The van der Waals surface area contributed by atoms with Gasteiger partial charge in [0.2, 0.25) is 6.79 Å². The summed E-state index contributed by atoms with van der Waals surface area (Å²) >= 11 is 3.53. The lowest BCUT2D eigenvalue weighted by atomic mass is 10.1. The van der Waals surface area contributed by atoms with Crippen molar-refractivity contribution < 1.29 is 9.47 Å². The minimum Gasteiger partial charge on any atom is -0.454 e. The first-order valence-electron chi connectivity index (χ1n) is 5.64. The van der Waals surface area contributed by atoms with Crippen LogP contribution in [0.4, 0.5) is 0 Å². The van der Waals surface area contributed by atoms with E-state index in [9.17, 15) is 0 Å². The number of nitrogens with two attached hydrogens (primary N) is 1. The van der Waals surface area contributed by atoms with Crippen molar-refractivity contribution in [3.63, 3.8) is 0 Å². The first kappa shape index (κ1) is 11.9. The van der Waals surface area contributed by atoms with E-state index in [-0.39, 0.29) is 6.04 Å². The van der Waals surface area contributed by atoms with Gasteiger partial charge in [0, 0.05) is 11.8 Å². The second-order valence-electron chi connectivity index (χ2n) is 3.96. The number of fused-ring (bicyclic) bond motifs is 1. The van der Waals surface area contributed by atoms with Crippen molar-refractivity contribution >= 4 is 23.1 Å². The third kappa shape index (κ3) is 2.48. The fraction of sp³-hybridized carbons (Fsp3) is 0.231. The predicted molar refractivity (Wildman–Crippen MR) is 74.5 cm³/mol. The van der Waals surface area contributed by atoms with Gasteiger partial charge < -0.3 is 15.2 Å². The Morgan fingerprint density at radius 3 is 3.00 bits per heavy atom. The highest BCUT2D eigenvalue weighted by Gasteiger charge is 2.16. The molecule has 1 aromatic heterocycles. The SMILES string of the molecule is NC(CSc1cccs1)c1ccc2c(c1)OCO2. The molecule has 0 bridgehead atoms. The van der Waals surface area contributed by atoms with Crippen LogP contribution in [0.25, 0.3) is 0 Å². The van der Waals surface area contributed by atoms with E-state index in [4.69, 9.17) is 15.2 Å². The lowest BCUT2D eigenvalue weighted by molar-refractivity contribution is 0.174. The van der Waals surface area contributed by atoms with E-state index in [0.717, 1.165) is 22.8 Å². The molecule has 0 aliphatic carbocycles. The van der Waals surface area contributed by atoms with Gasteiger partial charge in [0.05, 0.1) is 4.21 Å². The summed E-state index contributed by atoms with van der Waals surface area (Å²) in [5, 5.41) is 2.08. The summed E-state index contributed by atoms with van der Waals surface area (Å²) in [6.07, 6.45) is 0. The van der Waals surface area contributed by atoms with Gasteiger partial charge in [0.25, 0.3) is 0 Å². The molecule has 3 rings (SSSR count). The van der Waals surface area contributed by atoms with Crippen LogP contribution in [0.5, 0.6) is 11.5 Å². The highest BCUT2D eigenvalue weighted by Crippen LogP contribution is 2.35. The van der Waals surface area contributed by atoms with Crippen LogP contribution in [0.2, 0.25) is 0 Å². The van der Waals surface area contributed by atoms with Crippen molar-refractivity contribution in [2.24, 2.45) is 5.73 Å². The monoisotopic (exact) mass is 279 g/mol. The van der Waals surface area contributed by atoms with Crippen molar-refractivity contribution in [3.05, 3.63) is 41.3 Å². The summed E-state index contributed by atoms with van der Waals surface area (Å²) in [5.74, 6) is 2.46. The van der Waals surface area contributed by atoms with Gasteiger partial charge in [-0.2, -0.15) is 0 Å². The van der Waals surface area contributed by atoms with Gasteiger partial charge >= 0.3 is 0 Å². The average molecular weight is 279 g/mol. The Morgan fingerprint density at radius 2 is 2.17 bits per heavy atom. The molecule has 2 heterocycles. The number of hydrogen-bond acceptors (Lipinski definition) is 5. The molecule has 2 N–H and O–H groups in total. The molecule has 1 aromatic carbocycles. The molecule has 2 aromatic rings. The van der Waals surface area contributed by atoms with E-state index in [1.165, 1.54) is 4.21 Å². The molecule has 0 spiro atoms. The van der Waals surface area contributed by atoms with Crippen LogP contribution in [0, 0.1) is 0 Å². The van der Waals surface area contributed by atoms with Gasteiger partial charge in [-0.05, 0) is 29.1 Å². The molecule has 0 saturated heterocycles. The van der Waals surface area contributed by atoms with E-state index >= 15 is 0 Å². The topological polar surface area (TPSA) is 44.5 Å². The molecule has 3 nitrogen and oxygen atoms in total. The normalized spacial score (nSPS) is 14.7. The second-order valence-corrected chi connectivity index (χ2v) is 6.23. The summed E-state index contributed by atoms with van der Waals surface area (Å²) in [5.41, 5.74) is 7.28. The number of thiophene rings is 1. The molecule has 18 heavy (non-hydrogen) atoms. The quantitative estimate of drug-likeness (QED) is 0.872. The fourth-order valence-electron chi connectivity index (χ4n) is 1.76. The average Bonchev–Trinajstić information content (AvgIpc) is 3.05. The van der Waals surface area contributed by atoms with Crippen LogP contribution >= 0.6 is 23.1 Å². The predicted octanol–water partition coefficient (Wildman–Crippen LogP) is 3.27. The third-order valence-corrected chi connectivity index (χ3v) is 4.98. The maximum atomic E-state index is 6.19. The first-order chi connectivity index (χ1) is 8.83. The third-order valence-electron chi connectivity index (χ3n) is 2.72. The summed E-state index contributed by atoms with van der Waals surface area (Å²) < 4.78 is 11.9. The summed E-state index contributed by atoms with van der Waals surface area (Å²) in [4.78, 5) is 0. The van der Waals surface area contributed by atoms with Crippen LogP contribution in [0.1, 0.15) is 11.6 Å². The van der Waals surface area contributed by atoms with Crippen molar-refractivity contribution in [1.29, 1.82) is 0 Å². The Morgan fingerprint density at radius 1 is 1.28 bits per heavy atom. The zero-order valence-corrected chi connectivity index (χ0v) is 11.3. The molecule has 0 fully saturated rings. The van der Waals surface area contributed by atoms with E-state index in [1.54, 1.807) is 23.1 Å². The maximum Gasteiger partial charge on any atom is 0.231 e. The number of benzene rings is 1. The second kappa shape index (κ2) is 5.22. The molecule has 5 heteroatoms. The van der Waals surface area contributed by atoms with Gasteiger partial charge in [-0.3, -0.25) is 0 Å². The molecular weight excluding hydrogens is 266 g/mol. The van der Waals surface area contributed by atoms with Crippen LogP contribution in [0.15, 0.2) is 39.9 Å². The number of rotatable bonds is 4. The molecule has 1 aliphatic heterocycles. The Labute approximate surface area is 114 Å². The van der Waals surface area contributed by atoms with Crippen LogP contribution in [-0.4, -0.2) is 12.5 Å². The summed E-state index contributed by atoms with van der Waals surface area (Å²) in [6.45, 7) is 0.304. The zero-order chi connectivity index (χ0) is 12.4. The maximum absolute atomic E-state index is 6.19. The smallest absolute Gasteiger partial charge is 0.231 e. The van der Waals surface area contributed by atoms with Crippen LogP contribution < -0.4 is 15.2 Å². The van der Waals surface area contributed by atoms with Gasteiger partial charge in [-0.1, -0.05) is 12.1 Å². The van der Waals surface area contributed by atoms with Crippen LogP contribution in [0.3, 0.4) is 0 Å². The van der Waals surface area contributed by atoms with Gasteiger partial charge in [-0.25, -0.2) is 0 Å². The number of hydrogen-bond donors (Lipinski definition) is 1. The van der Waals surface area contributed by atoms with Gasteiger partial charge in [0.15, 0.2) is 11.5 Å². The highest BCUT2D eigenvalue weighted by molar-refractivity contribution is 8.01. The summed E-state index contributed by atoms with van der Waals surface area (Å²) in [7, 11) is 0.